The third kappa shape index (κ3) is 6.07. The lowest BCUT2D eigenvalue weighted by molar-refractivity contribution is -0.139. The molecule has 8 nitrogen and oxygen atoms in total. The van der Waals surface area contributed by atoms with Crippen LogP contribution in [-0.4, -0.2) is 45.8 Å². The second-order valence-corrected chi connectivity index (χ2v) is 6.96. The second kappa shape index (κ2) is 10.4. The van der Waals surface area contributed by atoms with Gasteiger partial charge in [-0.3, -0.25) is 19.2 Å². The number of hydrogen-bond acceptors (Lipinski definition) is 6. The van der Waals surface area contributed by atoms with E-state index in [4.69, 9.17) is 21.7 Å². The van der Waals surface area contributed by atoms with Gasteiger partial charge in [0.1, 0.15) is 12.1 Å². The van der Waals surface area contributed by atoms with Crippen LogP contribution in [0.5, 0.6) is 0 Å². The molecule has 6 N–H and O–H groups in total. The standard InChI is InChI=1S/C22H24N2O6/c23-17(21(27)28)11-13-5-1-3-7-15(13)19(25)9-10-20(26)16-8-4-2-6-14(16)12-18(24)22(29)30/h1-8,17-18H,9-12,23-24H2,(H,27,28)(H,29,30). The highest BCUT2D eigenvalue weighted by atomic mass is 16.4. The zero-order valence-electron chi connectivity index (χ0n) is 16.3. The van der Waals surface area contributed by atoms with Crippen molar-refractivity contribution in [1.29, 1.82) is 0 Å². The van der Waals surface area contributed by atoms with Gasteiger partial charge in [-0.1, -0.05) is 48.5 Å². The molecule has 0 aliphatic rings. The number of nitrogens with two attached hydrogens (primary N) is 2. The van der Waals surface area contributed by atoms with Crippen LogP contribution in [-0.2, 0) is 22.4 Å². The number of carbonyl (C=O) groups excluding carboxylic acids is 2. The van der Waals surface area contributed by atoms with Crippen LogP contribution in [0.25, 0.3) is 0 Å². The molecule has 0 heterocycles. The van der Waals surface area contributed by atoms with E-state index in [9.17, 15) is 19.2 Å². The Morgan fingerprint density at radius 1 is 0.667 bits per heavy atom. The normalized spacial score (nSPS) is 12.7. The molecule has 0 amide bonds. The molecule has 0 aliphatic carbocycles. The Hall–Kier alpha value is -3.36. The van der Waals surface area contributed by atoms with E-state index in [1.54, 1.807) is 48.5 Å². The third-order valence-corrected chi connectivity index (χ3v) is 4.73. The maximum Gasteiger partial charge on any atom is 0.320 e. The second-order valence-electron chi connectivity index (χ2n) is 6.96. The van der Waals surface area contributed by atoms with Crippen molar-refractivity contribution in [3.8, 4) is 0 Å². The van der Waals surface area contributed by atoms with Gasteiger partial charge in [-0.2, -0.15) is 0 Å². The van der Waals surface area contributed by atoms with Crippen molar-refractivity contribution in [3.05, 3.63) is 70.8 Å². The molecular formula is C22H24N2O6. The quantitative estimate of drug-likeness (QED) is 0.403. The average molecular weight is 412 g/mol. The van der Waals surface area contributed by atoms with Crippen molar-refractivity contribution in [2.75, 3.05) is 0 Å². The van der Waals surface area contributed by atoms with Gasteiger partial charge in [-0.25, -0.2) is 0 Å². The van der Waals surface area contributed by atoms with Gasteiger partial charge in [0.15, 0.2) is 11.6 Å². The van der Waals surface area contributed by atoms with Gasteiger partial charge in [0.2, 0.25) is 0 Å². The zero-order valence-corrected chi connectivity index (χ0v) is 16.3. The fourth-order valence-electron chi connectivity index (χ4n) is 3.09. The summed E-state index contributed by atoms with van der Waals surface area (Å²) in [4.78, 5) is 47.3. The van der Waals surface area contributed by atoms with E-state index in [0.717, 1.165) is 0 Å². The molecule has 2 aromatic rings. The van der Waals surface area contributed by atoms with Crippen LogP contribution in [0.2, 0.25) is 0 Å². The number of carboxylic acid groups (broad SMARTS) is 2. The lowest BCUT2D eigenvalue weighted by atomic mass is 9.93. The number of carboxylic acids is 2. The van der Waals surface area contributed by atoms with Gasteiger partial charge in [-0.05, 0) is 24.0 Å². The molecule has 2 atom stereocenters. The van der Waals surface area contributed by atoms with Crippen LogP contribution in [0.15, 0.2) is 48.5 Å². The first-order chi connectivity index (χ1) is 14.2. The highest BCUT2D eigenvalue weighted by Gasteiger charge is 2.20. The van der Waals surface area contributed by atoms with Gasteiger partial charge < -0.3 is 21.7 Å². The van der Waals surface area contributed by atoms with E-state index in [2.05, 4.69) is 0 Å². The Bertz CT molecular complexity index is 879. The maximum atomic E-state index is 12.7. The summed E-state index contributed by atoms with van der Waals surface area (Å²) in [6.07, 6.45) is -0.142. The van der Waals surface area contributed by atoms with Crippen LogP contribution in [0, 0.1) is 0 Å². The fourth-order valence-corrected chi connectivity index (χ4v) is 3.09. The van der Waals surface area contributed by atoms with Crippen LogP contribution in [0.3, 0.4) is 0 Å². The molecule has 158 valence electrons. The molecule has 30 heavy (non-hydrogen) atoms. The lowest BCUT2D eigenvalue weighted by Gasteiger charge is -2.12. The Morgan fingerprint density at radius 3 is 1.33 bits per heavy atom. The lowest BCUT2D eigenvalue weighted by Crippen LogP contribution is -2.33. The minimum Gasteiger partial charge on any atom is -0.480 e. The maximum absolute atomic E-state index is 12.7. The Labute approximate surface area is 173 Å². The summed E-state index contributed by atoms with van der Waals surface area (Å²) in [7, 11) is 0. The summed E-state index contributed by atoms with van der Waals surface area (Å²) in [5.74, 6) is -2.92. The molecule has 0 aliphatic heterocycles. The molecule has 0 saturated heterocycles. The monoisotopic (exact) mass is 412 g/mol. The highest BCUT2D eigenvalue weighted by Crippen LogP contribution is 2.18. The van der Waals surface area contributed by atoms with Crippen LogP contribution >= 0.6 is 0 Å². The van der Waals surface area contributed by atoms with Crippen molar-refractivity contribution >= 4 is 23.5 Å². The number of benzene rings is 2. The molecule has 0 radical (unpaired) electrons. The fraction of sp³-hybridized carbons (Fsp3) is 0.273. The Kier molecular flexibility index (Phi) is 7.97. The summed E-state index contributed by atoms with van der Waals surface area (Å²) >= 11 is 0. The highest BCUT2D eigenvalue weighted by molar-refractivity contribution is 6.03. The molecule has 0 bridgehead atoms. The summed E-state index contributed by atoms with van der Waals surface area (Å²) in [6, 6.07) is 10.9. The van der Waals surface area contributed by atoms with Gasteiger partial charge in [0.05, 0.1) is 0 Å². The molecular weight excluding hydrogens is 388 g/mol. The molecule has 2 unspecified atom stereocenters. The molecule has 2 rings (SSSR count). The topological polar surface area (TPSA) is 161 Å². The predicted octanol–water partition coefficient (Wildman–Crippen LogP) is 1.44. The minimum atomic E-state index is -1.16. The van der Waals surface area contributed by atoms with Crippen molar-refractivity contribution in [2.24, 2.45) is 11.5 Å². The smallest absolute Gasteiger partial charge is 0.320 e. The van der Waals surface area contributed by atoms with Crippen molar-refractivity contribution < 1.29 is 29.4 Å². The van der Waals surface area contributed by atoms with Crippen molar-refractivity contribution in [1.82, 2.24) is 0 Å². The Balaban J connectivity index is 2.10. The minimum absolute atomic E-state index is 0.00109. The van der Waals surface area contributed by atoms with Crippen LogP contribution in [0.4, 0.5) is 0 Å². The van der Waals surface area contributed by atoms with Crippen molar-refractivity contribution in [2.45, 2.75) is 37.8 Å². The van der Waals surface area contributed by atoms with E-state index in [-0.39, 0.29) is 37.2 Å². The summed E-state index contributed by atoms with van der Waals surface area (Å²) in [6.45, 7) is 0. The number of ketones is 2. The van der Waals surface area contributed by atoms with Crippen LogP contribution in [0.1, 0.15) is 44.7 Å². The van der Waals surface area contributed by atoms with Gasteiger partial charge in [0, 0.05) is 24.0 Å². The average Bonchev–Trinajstić information content (AvgIpc) is 2.72. The molecule has 0 saturated carbocycles. The number of carbonyl (C=O) groups is 4. The first kappa shape index (κ1) is 22.9. The number of rotatable bonds is 11. The van der Waals surface area contributed by atoms with E-state index in [1.807, 2.05) is 0 Å². The number of hydrogen-bond donors (Lipinski definition) is 4. The SMILES string of the molecule is NC(Cc1ccccc1C(=O)CCC(=O)c1ccccc1CC(N)C(=O)O)C(=O)O. The molecule has 8 heteroatoms. The van der Waals surface area contributed by atoms with Crippen molar-refractivity contribution in [3.63, 3.8) is 0 Å². The first-order valence-electron chi connectivity index (χ1n) is 9.39. The summed E-state index contributed by atoms with van der Waals surface area (Å²) < 4.78 is 0. The number of Topliss-reactive ketones (excluding diaryl/α,β-unsaturated/α-hetero) is 2. The summed E-state index contributed by atoms with van der Waals surface area (Å²) in [5, 5.41) is 18.0. The predicted molar refractivity (Wildman–Crippen MR) is 109 cm³/mol. The largest absolute Gasteiger partial charge is 0.480 e. The molecule has 2 aromatic carbocycles. The van der Waals surface area contributed by atoms with E-state index >= 15 is 0 Å². The van der Waals surface area contributed by atoms with Gasteiger partial charge in [0.25, 0.3) is 0 Å². The number of aliphatic carboxylic acids is 2. The van der Waals surface area contributed by atoms with Gasteiger partial charge in [-0.15, -0.1) is 0 Å². The Morgan fingerprint density at radius 2 is 1.00 bits per heavy atom. The molecule has 0 aromatic heterocycles. The molecule has 0 spiro atoms. The van der Waals surface area contributed by atoms with E-state index in [1.165, 1.54) is 0 Å². The van der Waals surface area contributed by atoms with Crippen LogP contribution < -0.4 is 11.5 Å². The van der Waals surface area contributed by atoms with E-state index in [0.29, 0.717) is 22.3 Å². The summed E-state index contributed by atoms with van der Waals surface area (Å²) in [5.41, 5.74) is 12.8. The van der Waals surface area contributed by atoms with Gasteiger partial charge >= 0.3 is 11.9 Å². The third-order valence-electron chi connectivity index (χ3n) is 4.73. The zero-order chi connectivity index (χ0) is 22.3. The first-order valence-corrected chi connectivity index (χ1v) is 9.39. The van der Waals surface area contributed by atoms with E-state index < -0.39 is 24.0 Å². The molecule has 0 fully saturated rings.